The highest BCUT2D eigenvalue weighted by Gasteiger charge is 2.18. The van der Waals surface area contributed by atoms with Gasteiger partial charge in [-0.2, -0.15) is 0 Å². The highest BCUT2D eigenvalue weighted by atomic mass is 16.3. The number of furan rings is 2. The molecule has 3 aromatic heterocycles. The first kappa shape index (κ1) is 27.1. The highest BCUT2D eigenvalue weighted by molar-refractivity contribution is 6.14. The molecule has 0 fully saturated rings. The van der Waals surface area contributed by atoms with E-state index in [0.29, 0.717) is 17.5 Å². The monoisotopic (exact) mass is 639 g/mol. The second kappa shape index (κ2) is 10.3. The van der Waals surface area contributed by atoms with Crippen LogP contribution in [0.2, 0.25) is 0 Å². The van der Waals surface area contributed by atoms with Gasteiger partial charge in [0.05, 0.1) is 0 Å². The van der Waals surface area contributed by atoms with E-state index in [2.05, 4.69) is 115 Å². The zero-order valence-electron chi connectivity index (χ0n) is 26.6. The van der Waals surface area contributed by atoms with Crippen molar-refractivity contribution in [1.29, 1.82) is 0 Å². The highest BCUT2D eigenvalue weighted by Crippen LogP contribution is 2.38. The van der Waals surface area contributed by atoms with E-state index in [1.165, 1.54) is 10.8 Å². The number of fused-ring (bicyclic) bond motifs is 10. The van der Waals surface area contributed by atoms with E-state index in [4.69, 9.17) is 23.8 Å². The molecule has 0 unspecified atom stereocenters. The van der Waals surface area contributed by atoms with Crippen LogP contribution in [-0.4, -0.2) is 15.0 Å². The molecule has 11 aromatic rings. The summed E-state index contributed by atoms with van der Waals surface area (Å²) in [5, 5.41) is 11.1. The van der Waals surface area contributed by atoms with Gasteiger partial charge < -0.3 is 8.83 Å². The summed E-state index contributed by atoms with van der Waals surface area (Å²) < 4.78 is 12.6. The van der Waals surface area contributed by atoms with Gasteiger partial charge in [0.2, 0.25) is 0 Å². The van der Waals surface area contributed by atoms with E-state index in [0.717, 1.165) is 82.1 Å². The summed E-state index contributed by atoms with van der Waals surface area (Å²) in [7, 11) is 0. The van der Waals surface area contributed by atoms with Crippen LogP contribution < -0.4 is 0 Å². The molecule has 0 bridgehead atoms. The third-order valence-electron chi connectivity index (χ3n) is 9.88. The van der Waals surface area contributed by atoms with Gasteiger partial charge in [0, 0.05) is 38.2 Å². The van der Waals surface area contributed by atoms with Crippen molar-refractivity contribution in [1.82, 2.24) is 15.0 Å². The summed E-state index contributed by atoms with van der Waals surface area (Å²) in [6, 6.07) is 52.3. The average molecular weight is 640 g/mol. The molecule has 11 rings (SSSR count). The lowest BCUT2D eigenvalue weighted by Crippen LogP contribution is -2.00. The number of rotatable bonds is 3. The number of hydrogen-bond acceptors (Lipinski definition) is 5. The molecular weight excluding hydrogens is 615 g/mol. The average Bonchev–Trinajstić information content (AvgIpc) is 3.73. The Morgan fingerprint density at radius 2 is 0.840 bits per heavy atom. The van der Waals surface area contributed by atoms with Crippen molar-refractivity contribution in [2.45, 2.75) is 0 Å². The van der Waals surface area contributed by atoms with Gasteiger partial charge in [-0.15, -0.1) is 0 Å². The van der Waals surface area contributed by atoms with Crippen LogP contribution in [-0.2, 0) is 0 Å². The van der Waals surface area contributed by atoms with Crippen LogP contribution in [0.1, 0.15) is 0 Å². The quantitative estimate of drug-likeness (QED) is 0.180. The summed E-state index contributed by atoms with van der Waals surface area (Å²) in [4.78, 5) is 15.5. The minimum absolute atomic E-state index is 0.577. The van der Waals surface area contributed by atoms with Crippen LogP contribution in [0.25, 0.3) is 110 Å². The predicted octanol–water partition coefficient (Wildman–Crippen LogP) is 12.1. The number of benzene rings is 8. The Balaban J connectivity index is 1.17. The topological polar surface area (TPSA) is 65.0 Å². The van der Waals surface area contributed by atoms with Gasteiger partial charge in [0.25, 0.3) is 0 Å². The number of nitrogens with zero attached hydrogens (tertiary/aromatic N) is 3. The maximum Gasteiger partial charge on any atom is 0.164 e. The molecule has 0 saturated heterocycles. The van der Waals surface area contributed by atoms with Crippen LogP contribution in [0, 0.1) is 0 Å². The van der Waals surface area contributed by atoms with Crippen LogP contribution in [0.5, 0.6) is 0 Å². The summed E-state index contributed by atoms with van der Waals surface area (Å²) in [6.07, 6.45) is 0. The molecule has 3 heterocycles. The van der Waals surface area contributed by atoms with Crippen LogP contribution in [0.4, 0.5) is 0 Å². The fourth-order valence-electron chi connectivity index (χ4n) is 7.46. The molecule has 0 amide bonds. The minimum atomic E-state index is 0.577. The Morgan fingerprint density at radius 3 is 1.66 bits per heavy atom. The minimum Gasteiger partial charge on any atom is -0.456 e. The van der Waals surface area contributed by atoms with Crippen molar-refractivity contribution in [2.24, 2.45) is 0 Å². The van der Waals surface area contributed by atoms with Crippen molar-refractivity contribution >= 4 is 76.2 Å². The summed E-state index contributed by atoms with van der Waals surface area (Å²) in [6.45, 7) is 0. The number of aromatic nitrogens is 3. The van der Waals surface area contributed by atoms with Gasteiger partial charge in [-0.05, 0) is 86.9 Å². The zero-order chi connectivity index (χ0) is 32.8. The molecule has 232 valence electrons. The van der Waals surface area contributed by atoms with Crippen molar-refractivity contribution in [2.75, 3.05) is 0 Å². The van der Waals surface area contributed by atoms with Gasteiger partial charge >= 0.3 is 0 Å². The van der Waals surface area contributed by atoms with Crippen molar-refractivity contribution in [3.05, 3.63) is 152 Å². The molecule has 0 radical (unpaired) electrons. The van der Waals surface area contributed by atoms with Crippen LogP contribution in [0.15, 0.2) is 160 Å². The van der Waals surface area contributed by atoms with E-state index in [-0.39, 0.29) is 0 Å². The number of para-hydroxylation sites is 1. The van der Waals surface area contributed by atoms with Crippen molar-refractivity contribution in [3.63, 3.8) is 0 Å². The third kappa shape index (κ3) is 4.10. The molecule has 0 aliphatic carbocycles. The fraction of sp³-hybridized carbons (Fsp3) is 0. The molecule has 0 spiro atoms. The maximum atomic E-state index is 6.33. The van der Waals surface area contributed by atoms with Crippen molar-refractivity contribution in [3.8, 4) is 34.2 Å². The third-order valence-corrected chi connectivity index (χ3v) is 9.88. The van der Waals surface area contributed by atoms with Gasteiger partial charge in [-0.3, -0.25) is 0 Å². The molecule has 5 nitrogen and oxygen atoms in total. The fourth-order valence-corrected chi connectivity index (χ4v) is 7.46. The molecule has 0 aliphatic heterocycles. The summed E-state index contributed by atoms with van der Waals surface area (Å²) in [5.74, 6) is 1.77. The first-order chi connectivity index (χ1) is 24.7. The Labute approximate surface area is 285 Å². The first-order valence-electron chi connectivity index (χ1n) is 16.7. The van der Waals surface area contributed by atoms with E-state index >= 15 is 0 Å². The largest absolute Gasteiger partial charge is 0.456 e. The SMILES string of the molecule is c1ccc2cc3c(cc2c1)oc1ccc(-c2nc(-c4ccc5c(c4)oc4ccccc45)nc(-c4cc5ccccc5c5ccccc45)n2)cc13. The smallest absolute Gasteiger partial charge is 0.164 e. The van der Waals surface area contributed by atoms with E-state index in [1.54, 1.807) is 0 Å². The normalized spacial score (nSPS) is 12.0. The molecule has 0 N–H and O–H groups in total. The molecule has 0 atom stereocenters. The molecule has 5 heteroatoms. The molecule has 50 heavy (non-hydrogen) atoms. The standard InChI is InChI=1S/C45H25N3O2/c1-2-10-27-24-42-37(21-26(27)9-1)36-23-29(18-20-40(36)50-42)43-46-44(30-17-19-35-34-15-7-8-16-39(34)49-41(35)25-30)48-45(47-43)38-22-28-11-3-4-12-31(28)32-13-5-6-14-33(32)38/h1-25H. The molecular formula is C45H25N3O2. The van der Waals surface area contributed by atoms with E-state index < -0.39 is 0 Å². The second-order valence-electron chi connectivity index (χ2n) is 12.8. The van der Waals surface area contributed by atoms with Crippen LogP contribution >= 0.6 is 0 Å². The van der Waals surface area contributed by atoms with Crippen LogP contribution in [0.3, 0.4) is 0 Å². The van der Waals surface area contributed by atoms with Gasteiger partial charge in [0.15, 0.2) is 17.5 Å². The van der Waals surface area contributed by atoms with Crippen molar-refractivity contribution < 1.29 is 8.83 Å². The predicted molar refractivity (Wildman–Crippen MR) is 203 cm³/mol. The van der Waals surface area contributed by atoms with E-state index in [1.807, 2.05) is 36.4 Å². The zero-order valence-corrected chi connectivity index (χ0v) is 26.6. The Bertz CT molecular complexity index is 3170. The van der Waals surface area contributed by atoms with E-state index in [9.17, 15) is 0 Å². The van der Waals surface area contributed by atoms with Gasteiger partial charge in [-0.1, -0.05) is 97.1 Å². The second-order valence-corrected chi connectivity index (χ2v) is 12.8. The lowest BCUT2D eigenvalue weighted by molar-refractivity contribution is 0.669. The van der Waals surface area contributed by atoms with Gasteiger partial charge in [0.1, 0.15) is 22.3 Å². The molecule has 0 aliphatic rings. The Hall–Kier alpha value is -6.85. The van der Waals surface area contributed by atoms with Gasteiger partial charge in [-0.25, -0.2) is 15.0 Å². The summed E-state index contributed by atoms with van der Waals surface area (Å²) in [5.41, 5.74) is 6.02. The number of hydrogen-bond donors (Lipinski definition) is 0. The maximum absolute atomic E-state index is 6.33. The first-order valence-corrected chi connectivity index (χ1v) is 16.7. The summed E-state index contributed by atoms with van der Waals surface area (Å²) >= 11 is 0. The Kier molecular flexibility index (Phi) is 5.60. The molecule has 0 saturated carbocycles. The Morgan fingerprint density at radius 1 is 0.300 bits per heavy atom. The lowest BCUT2D eigenvalue weighted by atomic mass is 9.97. The molecule has 8 aromatic carbocycles. The lowest BCUT2D eigenvalue weighted by Gasteiger charge is -2.12.